The van der Waals surface area contributed by atoms with Crippen LogP contribution in [0.25, 0.3) is 0 Å². The molecule has 1 aliphatic rings. The van der Waals surface area contributed by atoms with Crippen LogP contribution in [0.4, 0.5) is 0 Å². The maximum absolute atomic E-state index is 12.7. The first-order valence-corrected chi connectivity index (χ1v) is 29.9. The summed E-state index contributed by atoms with van der Waals surface area (Å²) in [6.45, 7) is 20.5. The molecule has 0 aromatic carbocycles. The zero-order valence-electron chi connectivity index (χ0n) is 47.2. The van der Waals surface area contributed by atoms with Gasteiger partial charge in [-0.2, -0.15) is 0 Å². The fraction of sp³-hybridized carbons (Fsp3) is 0.836. The van der Waals surface area contributed by atoms with Gasteiger partial charge in [-0.15, -0.1) is 0 Å². The number of morpholine rings is 1. The van der Waals surface area contributed by atoms with E-state index in [1.807, 2.05) is 0 Å². The van der Waals surface area contributed by atoms with Crippen LogP contribution in [0, 0.1) is 0 Å². The highest BCUT2D eigenvalue weighted by molar-refractivity contribution is 5.69. The van der Waals surface area contributed by atoms with E-state index in [-0.39, 0.29) is 24.5 Å². The second kappa shape index (κ2) is 54.9. The van der Waals surface area contributed by atoms with Crippen molar-refractivity contribution in [3.05, 3.63) is 48.6 Å². The van der Waals surface area contributed by atoms with Crippen LogP contribution >= 0.6 is 0 Å². The molecule has 0 amide bonds. The third-order valence-corrected chi connectivity index (χ3v) is 12.9. The predicted molar refractivity (Wildman–Crippen MR) is 299 cm³/mol. The van der Waals surface area contributed by atoms with Gasteiger partial charge in [0.25, 0.3) is 0 Å². The Kier molecular flexibility index (Phi) is 51.5. The maximum Gasteiger partial charge on any atom is 0.305 e. The Balaban J connectivity index is 2.34. The highest BCUT2D eigenvalue weighted by Gasteiger charge is 2.16. The van der Waals surface area contributed by atoms with Gasteiger partial charge in [-0.25, -0.2) is 0 Å². The molecule has 0 unspecified atom stereocenters. The maximum atomic E-state index is 12.7. The van der Waals surface area contributed by atoms with Crippen LogP contribution in [0.2, 0.25) is 0 Å². The highest BCUT2D eigenvalue weighted by Crippen LogP contribution is 2.14. The molecule has 11 heteroatoms. The summed E-state index contributed by atoms with van der Waals surface area (Å²) in [4.78, 5) is 30.5. The summed E-state index contributed by atoms with van der Waals surface area (Å²) >= 11 is 0. The minimum atomic E-state index is -0.356. The van der Waals surface area contributed by atoms with Crippen molar-refractivity contribution in [2.24, 2.45) is 0 Å². The summed E-state index contributed by atoms with van der Waals surface area (Å²) in [5.74, 6) is -0.308. The molecule has 1 fully saturated rings. The Morgan fingerprint density at radius 3 is 1.14 bits per heavy atom. The summed E-state index contributed by atoms with van der Waals surface area (Å²) in [7, 11) is 0. The average Bonchev–Trinajstić information content (AvgIpc) is 3.39. The van der Waals surface area contributed by atoms with Crippen molar-refractivity contribution < 1.29 is 42.7 Å². The van der Waals surface area contributed by atoms with Crippen LogP contribution in [-0.4, -0.2) is 126 Å². The van der Waals surface area contributed by atoms with Crippen molar-refractivity contribution in [1.29, 1.82) is 0 Å². The number of nitrogens with zero attached hydrogens (tertiary/aromatic N) is 2. The van der Waals surface area contributed by atoms with E-state index in [2.05, 4.69) is 86.1 Å². The van der Waals surface area contributed by atoms with E-state index < -0.39 is 0 Å². The monoisotopic (exact) mass is 1020 g/mol. The molecule has 0 N–H and O–H groups in total. The second-order valence-corrected chi connectivity index (χ2v) is 19.5. The highest BCUT2D eigenvalue weighted by atomic mass is 16.7. The van der Waals surface area contributed by atoms with E-state index in [9.17, 15) is 9.59 Å². The van der Waals surface area contributed by atoms with Gasteiger partial charge in [0.2, 0.25) is 0 Å². The summed E-state index contributed by atoms with van der Waals surface area (Å²) < 4.78 is 41.2. The first-order valence-electron chi connectivity index (χ1n) is 29.9. The molecule has 0 aromatic heterocycles. The molecule has 0 spiro atoms. The first-order chi connectivity index (χ1) is 35.5. The van der Waals surface area contributed by atoms with E-state index in [0.717, 1.165) is 194 Å². The molecule has 1 saturated heterocycles. The van der Waals surface area contributed by atoms with Crippen molar-refractivity contribution in [2.45, 2.75) is 239 Å². The number of unbranched alkanes of at least 4 members (excludes halogenated alkanes) is 16. The number of carbonyl (C=O) groups is 2. The van der Waals surface area contributed by atoms with Crippen LogP contribution in [0.3, 0.4) is 0 Å². The van der Waals surface area contributed by atoms with Crippen LogP contribution in [-0.2, 0) is 42.7 Å². The van der Waals surface area contributed by atoms with Gasteiger partial charge in [-0.3, -0.25) is 14.5 Å². The zero-order valence-corrected chi connectivity index (χ0v) is 47.2. The fourth-order valence-corrected chi connectivity index (χ4v) is 8.49. The molecule has 11 nitrogen and oxygen atoms in total. The number of hydrogen-bond acceptors (Lipinski definition) is 11. The van der Waals surface area contributed by atoms with Crippen LogP contribution in [0.1, 0.15) is 227 Å². The van der Waals surface area contributed by atoms with Crippen molar-refractivity contribution in [1.82, 2.24) is 9.80 Å². The lowest BCUT2D eigenvalue weighted by molar-refractivity contribution is -0.159. The van der Waals surface area contributed by atoms with Crippen LogP contribution in [0.15, 0.2) is 48.6 Å². The van der Waals surface area contributed by atoms with Crippen LogP contribution in [0.5, 0.6) is 0 Å². The normalized spacial score (nSPS) is 13.8. The van der Waals surface area contributed by atoms with Gasteiger partial charge >= 0.3 is 11.9 Å². The Bertz CT molecular complexity index is 1150. The lowest BCUT2D eigenvalue weighted by Crippen LogP contribution is -2.38. The zero-order chi connectivity index (χ0) is 51.9. The van der Waals surface area contributed by atoms with Crippen LogP contribution < -0.4 is 0 Å². The average molecular weight is 1020 g/mol. The smallest absolute Gasteiger partial charge is 0.305 e. The molecule has 72 heavy (non-hydrogen) atoms. The van der Waals surface area contributed by atoms with E-state index in [1.54, 1.807) is 0 Å². The number of hydrogen-bond donors (Lipinski definition) is 0. The Hall–Kier alpha value is -2.38. The minimum Gasteiger partial charge on any atom is -0.466 e. The van der Waals surface area contributed by atoms with E-state index in [1.165, 1.54) is 32.1 Å². The fourth-order valence-electron chi connectivity index (χ4n) is 8.49. The quantitative estimate of drug-likeness (QED) is 0.0252. The van der Waals surface area contributed by atoms with Gasteiger partial charge in [-0.1, -0.05) is 115 Å². The summed E-state index contributed by atoms with van der Waals surface area (Å²) in [5, 5.41) is 0. The number of carbonyl (C=O) groups excluding carboxylic acids is 2. The summed E-state index contributed by atoms with van der Waals surface area (Å²) in [6.07, 6.45) is 48.0. The lowest BCUT2D eigenvalue weighted by Gasteiger charge is -2.28. The molecule has 0 radical (unpaired) electrons. The van der Waals surface area contributed by atoms with E-state index in [4.69, 9.17) is 33.2 Å². The Morgan fingerprint density at radius 2 is 0.764 bits per heavy atom. The summed E-state index contributed by atoms with van der Waals surface area (Å²) in [5.41, 5.74) is 0. The largest absolute Gasteiger partial charge is 0.466 e. The van der Waals surface area contributed by atoms with Gasteiger partial charge in [0.15, 0.2) is 12.6 Å². The van der Waals surface area contributed by atoms with Crippen molar-refractivity contribution in [3.63, 3.8) is 0 Å². The SMILES string of the molecule is CC/C=C\CCCCOC(CCC(=O)OCCCCCCCN(CCCCCCCOC(=O)CCC(OCCCC/C=C\CC)OCCCC/C=C\CC)CCCN1CCOCC1)OCCCC/C=C\CC. The minimum absolute atomic E-state index is 0.154. The van der Waals surface area contributed by atoms with E-state index in [0.29, 0.717) is 65.3 Å². The Morgan fingerprint density at radius 1 is 0.431 bits per heavy atom. The van der Waals surface area contributed by atoms with Crippen molar-refractivity contribution in [3.8, 4) is 0 Å². The third kappa shape index (κ3) is 47.3. The third-order valence-electron chi connectivity index (χ3n) is 12.9. The number of rotatable bonds is 54. The molecule has 420 valence electrons. The van der Waals surface area contributed by atoms with Gasteiger partial charge in [0, 0.05) is 52.4 Å². The molecule has 1 aliphatic heterocycles. The predicted octanol–water partition coefficient (Wildman–Crippen LogP) is 14.8. The Labute approximate surface area is 443 Å². The molecule has 0 aliphatic carbocycles. The first kappa shape index (κ1) is 67.6. The molecular weight excluding hydrogens is 905 g/mol. The van der Waals surface area contributed by atoms with Crippen molar-refractivity contribution >= 4 is 11.9 Å². The van der Waals surface area contributed by atoms with Gasteiger partial charge in [0.1, 0.15) is 0 Å². The van der Waals surface area contributed by atoms with Crippen molar-refractivity contribution in [2.75, 3.05) is 92.1 Å². The molecule has 0 bridgehead atoms. The standard InChI is InChI=1S/C61H112N2O9/c1-5-9-13-17-25-35-52-69-60(70-53-36-26-18-14-10-6-2)42-40-58(64)67-50-33-29-21-23-31-44-62(46-39-47-63-48-56-66-57-49-63)45-32-24-22-30-34-51-68-59(65)41-43-61(71-54-37-27-19-15-11-7-3)72-55-38-28-20-16-12-8-4/h9-16,60-61H,5-8,17-57H2,1-4H3/b13-9-,14-10-,15-11-,16-12-. The number of allylic oxidation sites excluding steroid dienone is 8. The molecule has 1 heterocycles. The van der Waals surface area contributed by atoms with Gasteiger partial charge in [0.05, 0.1) is 39.3 Å². The van der Waals surface area contributed by atoms with E-state index >= 15 is 0 Å². The molecular formula is C61H112N2O9. The molecule has 0 atom stereocenters. The van der Waals surface area contributed by atoms with Gasteiger partial charge in [-0.05, 0) is 161 Å². The van der Waals surface area contributed by atoms with Gasteiger partial charge < -0.3 is 38.1 Å². The second-order valence-electron chi connectivity index (χ2n) is 19.5. The summed E-state index contributed by atoms with van der Waals surface area (Å²) in [6, 6.07) is 0. The number of esters is 2. The lowest BCUT2D eigenvalue weighted by atomic mass is 10.1. The number of ether oxygens (including phenoxy) is 7. The molecule has 0 aromatic rings. The molecule has 1 rings (SSSR count). The molecule has 0 saturated carbocycles. The topological polar surface area (TPSA) is 105 Å².